The Hall–Kier alpha value is -4.90. The van der Waals surface area contributed by atoms with Gasteiger partial charge in [-0.1, -0.05) is 80.6 Å². The highest BCUT2D eigenvalue weighted by molar-refractivity contribution is 5.54. The van der Waals surface area contributed by atoms with Gasteiger partial charge in [0.05, 0.1) is 5.41 Å². The molecule has 242 valence electrons. The summed E-state index contributed by atoms with van der Waals surface area (Å²) in [6, 6.07) is 23.3. The third-order valence-electron chi connectivity index (χ3n) is 11.0. The average molecular weight is 629 g/mol. The van der Waals surface area contributed by atoms with Crippen molar-refractivity contribution in [1.82, 2.24) is 0 Å². The number of ether oxygens (including phenoxy) is 2. The Kier molecular flexibility index (Phi) is 7.99. The topological polar surface area (TPSA) is 79.2 Å². The van der Waals surface area contributed by atoms with E-state index in [9.17, 15) is 15.3 Å². The zero-order valence-electron chi connectivity index (χ0n) is 28.0. The minimum atomic E-state index is -0.958. The Morgan fingerprint density at radius 3 is 1.66 bits per heavy atom. The van der Waals surface area contributed by atoms with Crippen LogP contribution >= 0.6 is 0 Å². The highest BCUT2D eigenvalue weighted by Gasteiger charge is 2.50. The minimum absolute atomic E-state index is 0.162. The lowest BCUT2D eigenvalue weighted by atomic mass is 9.66. The molecule has 3 aliphatic rings. The maximum Gasteiger partial charge on any atom is 0.138 e. The molecule has 0 saturated heterocycles. The van der Waals surface area contributed by atoms with E-state index in [4.69, 9.17) is 9.47 Å². The fraction of sp³-hybridized carbons (Fsp3) is 0.286. The van der Waals surface area contributed by atoms with Crippen molar-refractivity contribution in [2.75, 3.05) is 0 Å². The van der Waals surface area contributed by atoms with Crippen molar-refractivity contribution in [3.63, 3.8) is 0 Å². The van der Waals surface area contributed by atoms with Crippen LogP contribution in [0.15, 0.2) is 144 Å². The molecule has 0 fully saturated rings. The van der Waals surface area contributed by atoms with Gasteiger partial charge in [-0.2, -0.15) is 0 Å². The molecule has 0 radical (unpaired) electrons. The number of benzene rings is 3. The zero-order chi connectivity index (χ0) is 33.6. The van der Waals surface area contributed by atoms with Gasteiger partial charge in [0.1, 0.15) is 40.1 Å². The van der Waals surface area contributed by atoms with Crippen LogP contribution < -0.4 is 9.47 Å². The second-order valence-corrected chi connectivity index (χ2v) is 13.8. The lowest BCUT2D eigenvalue weighted by molar-refractivity contribution is 0.0715. The molecular weight excluding hydrogens is 584 g/mol. The van der Waals surface area contributed by atoms with Gasteiger partial charge in [0.2, 0.25) is 0 Å². The maximum atomic E-state index is 11.2. The van der Waals surface area contributed by atoms with Crippen molar-refractivity contribution in [1.29, 1.82) is 0 Å². The quantitative estimate of drug-likeness (QED) is 0.243. The smallest absolute Gasteiger partial charge is 0.138 e. The Morgan fingerprint density at radius 1 is 0.596 bits per heavy atom. The van der Waals surface area contributed by atoms with E-state index in [1.165, 1.54) is 0 Å². The molecule has 0 aromatic heterocycles. The van der Waals surface area contributed by atoms with Crippen molar-refractivity contribution in [3.05, 3.63) is 160 Å². The van der Waals surface area contributed by atoms with Crippen LogP contribution in [0, 0.1) is 0 Å². The lowest BCUT2D eigenvalue weighted by Gasteiger charge is -2.46. The molecule has 3 aliphatic carbocycles. The van der Waals surface area contributed by atoms with Crippen LogP contribution in [0.3, 0.4) is 0 Å². The maximum absolute atomic E-state index is 11.2. The van der Waals surface area contributed by atoms with Gasteiger partial charge in [-0.05, 0) is 100 Å². The van der Waals surface area contributed by atoms with Crippen LogP contribution in [0.25, 0.3) is 0 Å². The highest BCUT2D eigenvalue weighted by atomic mass is 16.5. The first-order valence-corrected chi connectivity index (χ1v) is 16.2. The van der Waals surface area contributed by atoms with Crippen LogP contribution in [0.1, 0.15) is 71.1 Å². The van der Waals surface area contributed by atoms with Gasteiger partial charge in [-0.15, -0.1) is 0 Å². The van der Waals surface area contributed by atoms with E-state index < -0.39 is 21.8 Å². The number of hydrogen-bond donors (Lipinski definition) is 3. The van der Waals surface area contributed by atoms with Crippen LogP contribution in [0.4, 0.5) is 0 Å². The molecule has 47 heavy (non-hydrogen) atoms. The van der Waals surface area contributed by atoms with E-state index in [1.807, 2.05) is 106 Å². The Balaban J connectivity index is 1.43. The summed E-state index contributed by atoms with van der Waals surface area (Å²) in [6.07, 6.45) is 15.0. The minimum Gasteiger partial charge on any atom is -0.508 e. The fourth-order valence-electron chi connectivity index (χ4n) is 7.29. The molecule has 3 N–H and O–H groups in total. The summed E-state index contributed by atoms with van der Waals surface area (Å²) in [4.78, 5) is 0. The van der Waals surface area contributed by atoms with E-state index in [0.29, 0.717) is 22.8 Å². The molecule has 0 heterocycles. The summed E-state index contributed by atoms with van der Waals surface area (Å²) in [5.41, 5.74) is 1.69. The molecule has 5 nitrogen and oxygen atoms in total. The fourth-order valence-corrected chi connectivity index (χ4v) is 7.29. The molecule has 0 bridgehead atoms. The Labute approximate surface area is 278 Å². The number of aliphatic hydroxyl groups is 2. The van der Waals surface area contributed by atoms with Crippen LogP contribution in [0.2, 0.25) is 0 Å². The van der Waals surface area contributed by atoms with E-state index in [-0.39, 0.29) is 17.3 Å². The lowest BCUT2D eigenvalue weighted by Crippen LogP contribution is -2.51. The largest absolute Gasteiger partial charge is 0.508 e. The predicted molar refractivity (Wildman–Crippen MR) is 188 cm³/mol. The van der Waals surface area contributed by atoms with Crippen molar-refractivity contribution < 1.29 is 24.8 Å². The number of allylic oxidation sites excluding steroid dienone is 7. The molecular formula is C42H44O5. The van der Waals surface area contributed by atoms with Crippen molar-refractivity contribution in [3.8, 4) is 17.2 Å². The first-order valence-electron chi connectivity index (χ1n) is 16.2. The molecule has 0 aliphatic heterocycles. The number of aliphatic hydroxyl groups excluding tert-OH is 2. The second kappa shape index (κ2) is 11.7. The average Bonchev–Trinajstić information content (AvgIpc) is 3.05. The summed E-state index contributed by atoms with van der Waals surface area (Å²) in [5, 5.41) is 32.5. The van der Waals surface area contributed by atoms with Gasteiger partial charge >= 0.3 is 0 Å². The molecule has 5 heteroatoms. The standard InChI is InChI=1S/C42H44O5/c1-28-34(43)19-13-24-39(28,3)32-16-8-11-21-37(32)46-30-23-26-42(6,41(5,27-30)31-15-7-10-18-36(31)45)47-38-22-12-9-17-33(38)40(4)25-14-20-35(44)29(40)2/h7-23,26-27,43-45H,24-25H2,1-6H3. The SMILES string of the molecule is CC1=C(O)C=CCC1(C)c1ccccc1OC1=CC(C)(c2ccccc2O)C(C)(Oc2ccccc2C2(C)CC=CC(O)=C2C)C=C1. The van der Waals surface area contributed by atoms with Gasteiger partial charge in [-0.25, -0.2) is 0 Å². The molecule has 4 unspecified atom stereocenters. The van der Waals surface area contributed by atoms with Crippen molar-refractivity contribution in [2.45, 2.75) is 76.2 Å². The third kappa shape index (κ3) is 5.28. The number of phenols is 1. The Bertz CT molecular complexity index is 1910. The van der Waals surface area contributed by atoms with E-state index in [1.54, 1.807) is 18.2 Å². The van der Waals surface area contributed by atoms with E-state index >= 15 is 0 Å². The zero-order valence-corrected chi connectivity index (χ0v) is 28.0. The highest BCUT2D eigenvalue weighted by Crippen LogP contribution is 2.51. The van der Waals surface area contributed by atoms with Gasteiger partial charge in [0.15, 0.2) is 0 Å². The summed E-state index contributed by atoms with van der Waals surface area (Å²) >= 11 is 0. The molecule has 3 aromatic carbocycles. The van der Waals surface area contributed by atoms with Gasteiger partial charge in [-0.3, -0.25) is 0 Å². The van der Waals surface area contributed by atoms with Gasteiger partial charge in [0.25, 0.3) is 0 Å². The van der Waals surface area contributed by atoms with Crippen molar-refractivity contribution >= 4 is 0 Å². The first-order chi connectivity index (χ1) is 22.3. The number of aromatic hydroxyl groups is 1. The third-order valence-corrected chi connectivity index (χ3v) is 11.0. The predicted octanol–water partition coefficient (Wildman–Crippen LogP) is 10.1. The normalized spacial score (nSPS) is 28.8. The van der Waals surface area contributed by atoms with Crippen LogP contribution in [-0.2, 0) is 16.2 Å². The van der Waals surface area contributed by atoms with Crippen LogP contribution in [-0.4, -0.2) is 20.9 Å². The monoisotopic (exact) mass is 628 g/mol. The molecule has 0 amide bonds. The summed E-state index contributed by atoms with van der Waals surface area (Å²) in [7, 11) is 0. The Morgan fingerprint density at radius 2 is 1.09 bits per heavy atom. The number of rotatable bonds is 7. The van der Waals surface area contributed by atoms with Gasteiger partial charge < -0.3 is 24.8 Å². The number of para-hydroxylation sites is 3. The molecule has 4 atom stereocenters. The van der Waals surface area contributed by atoms with E-state index in [0.717, 1.165) is 35.1 Å². The second-order valence-electron chi connectivity index (χ2n) is 13.8. The molecule has 6 rings (SSSR count). The summed E-state index contributed by atoms with van der Waals surface area (Å²) in [5.74, 6) is 2.74. The molecule has 0 spiro atoms. The molecule has 0 saturated carbocycles. The number of hydrogen-bond acceptors (Lipinski definition) is 5. The first kappa shape index (κ1) is 32.1. The van der Waals surface area contributed by atoms with Crippen LogP contribution in [0.5, 0.6) is 17.2 Å². The van der Waals surface area contributed by atoms with E-state index in [2.05, 4.69) is 32.9 Å². The number of phenolic OH excluding ortho intramolecular Hbond substituents is 1. The summed E-state index contributed by atoms with van der Waals surface area (Å²) in [6.45, 7) is 12.3. The van der Waals surface area contributed by atoms with Crippen molar-refractivity contribution in [2.24, 2.45) is 0 Å². The summed E-state index contributed by atoms with van der Waals surface area (Å²) < 4.78 is 13.8. The molecule has 3 aromatic rings. The van der Waals surface area contributed by atoms with Gasteiger partial charge in [0, 0.05) is 27.5 Å².